The van der Waals surface area contributed by atoms with Crippen molar-refractivity contribution in [3.8, 4) is 11.4 Å². The summed E-state index contributed by atoms with van der Waals surface area (Å²) in [6, 6.07) is 5.59. The lowest BCUT2D eigenvalue weighted by molar-refractivity contribution is 0.818. The van der Waals surface area contributed by atoms with Crippen LogP contribution < -0.4 is 5.73 Å². The smallest absolute Gasteiger partial charge is 0.163 e. The van der Waals surface area contributed by atoms with E-state index >= 15 is 0 Å². The van der Waals surface area contributed by atoms with Crippen LogP contribution in [0.1, 0.15) is 25.5 Å². The van der Waals surface area contributed by atoms with Gasteiger partial charge in [0.05, 0.1) is 0 Å². The molecule has 2 N–H and O–H groups in total. The van der Waals surface area contributed by atoms with Gasteiger partial charge in [0.2, 0.25) is 0 Å². The normalized spacial score (nSPS) is 10.7. The molecule has 0 radical (unpaired) electrons. The molecule has 0 aromatic carbocycles. The zero-order chi connectivity index (χ0) is 11.5. The Morgan fingerprint density at radius 2 is 2.06 bits per heavy atom. The molecule has 16 heavy (non-hydrogen) atoms. The van der Waals surface area contributed by atoms with E-state index in [0.717, 1.165) is 11.3 Å². The molecule has 0 saturated heterocycles. The minimum Gasteiger partial charge on any atom is -0.384 e. The van der Waals surface area contributed by atoms with Gasteiger partial charge >= 0.3 is 0 Å². The van der Waals surface area contributed by atoms with E-state index in [0.29, 0.717) is 17.6 Å². The molecule has 0 aliphatic heterocycles. The average Bonchev–Trinajstić information content (AvgIpc) is 2.29. The van der Waals surface area contributed by atoms with Gasteiger partial charge in [-0.2, -0.15) is 0 Å². The molecule has 4 nitrogen and oxygen atoms in total. The molecule has 0 aliphatic rings. The van der Waals surface area contributed by atoms with Gasteiger partial charge in [0, 0.05) is 29.7 Å². The molecule has 0 fully saturated rings. The minimum absolute atomic E-state index is 0.334. The summed E-state index contributed by atoms with van der Waals surface area (Å²) in [5, 5.41) is 0. The van der Waals surface area contributed by atoms with E-state index in [2.05, 4.69) is 28.8 Å². The van der Waals surface area contributed by atoms with Crippen LogP contribution in [0, 0.1) is 0 Å². The van der Waals surface area contributed by atoms with E-state index in [1.165, 1.54) is 0 Å². The first-order valence-electron chi connectivity index (χ1n) is 5.21. The first-order chi connectivity index (χ1) is 7.66. The second-order valence-corrected chi connectivity index (χ2v) is 3.94. The van der Waals surface area contributed by atoms with Crippen molar-refractivity contribution < 1.29 is 0 Å². The quantitative estimate of drug-likeness (QED) is 0.832. The zero-order valence-electron chi connectivity index (χ0n) is 9.38. The van der Waals surface area contributed by atoms with Crippen LogP contribution in [0.15, 0.2) is 30.6 Å². The summed E-state index contributed by atoms with van der Waals surface area (Å²) >= 11 is 0. The van der Waals surface area contributed by atoms with Gasteiger partial charge in [-0.3, -0.25) is 4.98 Å². The van der Waals surface area contributed by atoms with E-state index in [-0.39, 0.29) is 0 Å². The van der Waals surface area contributed by atoms with Gasteiger partial charge in [0.1, 0.15) is 5.82 Å². The number of pyridine rings is 1. The molecule has 2 aromatic heterocycles. The van der Waals surface area contributed by atoms with Gasteiger partial charge in [-0.25, -0.2) is 9.97 Å². The lowest BCUT2D eigenvalue weighted by Gasteiger charge is -2.07. The van der Waals surface area contributed by atoms with Crippen molar-refractivity contribution >= 4 is 5.82 Å². The van der Waals surface area contributed by atoms with Crippen molar-refractivity contribution in [2.24, 2.45) is 0 Å². The number of nitrogens with zero attached hydrogens (tertiary/aromatic N) is 3. The van der Waals surface area contributed by atoms with Gasteiger partial charge < -0.3 is 5.73 Å². The number of aromatic nitrogens is 3. The fourth-order valence-electron chi connectivity index (χ4n) is 1.41. The summed E-state index contributed by atoms with van der Waals surface area (Å²) in [5.41, 5.74) is 7.60. The summed E-state index contributed by atoms with van der Waals surface area (Å²) in [4.78, 5) is 12.7. The molecule has 0 atom stereocenters. The van der Waals surface area contributed by atoms with Crippen molar-refractivity contribution in [3.63, 3.8) is 0 Å². The molecule has 0 bridgehead atoms. The van der Waals surface area contributed by atoms with E-state index in [1.54, 1.807) is 12.4 Å². The molecular weight excluding hydrogens is 200 g/mol. The largest absolute Gasteiger partial charge is 0.384 e. The monoisotopic (exact) mass is 214 g/mol. The van der Waals surface area contributed by atoms with Crippen molar-refractivity contribution in [1.29, 1.82) is 0 Å². The Kier molecular flexibility index (Phi) is 2.81. The molecule has 0 saturated carbocycles. The molecule has 82 valence electrons. The SMILES string of the molecule is CC(C)c1cc(N)nc(-c2cccnc2)n1. The standard InChI is InChI=1S/C12H14N4/c1-8(2)10-6-11(13)16-12(15-10)9-4-3-5-14-7-9/h3-8H,1-2H3,(H2,13,15,16). The van der Waals surface area contributed by atoms with Crippen LogP contribution in [-0.4, -0.2) is 15.0 Å². The van der Waals surface area contributed by atoms with Gasteiger partial charge in [-0.1, -0.05) is 13.8 Å². The number of nitrogen functional groups attached to an aromatic ring is 1. The first kappa shape index (κ1) is 10.5. The molecule has 2 rings (SSSR count). The number of anilines is 1. The zero-order valence-corrected chi connectivity index (χ0v) is 9.38. The summed E-state index contributed by atoms with van der Waals surface area (Å²) in [6.45, 7) is 4.16. The van der Waals surface area contributed by atoms with Crippen molar-refractivity contribution in [1.82, 2.24) is 15.0 Å². The first-order valence-corrected chi connectivity index (χ1v) is 5.21. The number of hydrogen-bond donors (Lipinski definition) is 1. The Morgan fingerprint density at radius 1 is 1.25 bits per heavy atom. The van der Waals surface area contributed by atoms with E-state index < -0.39 is 0 Å². The van der Waals surface area contributed by atoms with Crippen LogP contribution in [-0.2, 0) is 0 Å². The van der Waals surface area contributed by atoms with Gasteiger partial charge in [-0.15, -0.1) is 0 Å². The van der Waals surface area contributed by atoms with Gasteiger partial charge in [-0.05, 0) is 18.1 Å². The average molecular weight is 214 g/mol. The molecule has 2 aromatic rings. The van der Waals surface area contributed by atoms with E-state index in [1.807, 2.05) is 18.2 Å². The number of rotatable bonds is 2. The topological polar surface area (TPSA) is 64.7 Å². The Bertz CT molecular complexity index is 480. The maximum atomic E-state index is 5.76. The second kappa shape index (κ2) is 4.26. The Labute approximate surface area is 94.6 Å². The van der Waals surface area contributed by atoms with Crippen LogP contribution in [0.3, 0.4) is 0 Å². The number of nitrogens with two attached hydrogens (primary N) is 1. The summed E-state index contributed by atoms with van der Waals surface area (Å²) in [6.07, 6.45) is 3.46. The Balaban J connectivity index is 2.50. The molecule has 2 heterocycles. The second-order valence-electron chi connectivity index (χ2n) is 3.94. The molecule has 0 aliphatic carbocycles. The van der Waals surface area contributed by atoms with Crippen LogP contribution >= 0.6 is 0 Å². The highest BCUT2D eigenvalue weighted by Crippen LogP contribution is 2.19. The van der Waals surface area contributed by atoms with Crippen LogP contribution in [0.5, 0.6) is 0 Å². The molecular formula is C12H14N4. The molecule has 4 heteroatoms. The van der Waals surface area contributed by atoms with Gasteiger partial charge in [0.15, 0.2) is 5.82 Å². The maximum absolute atomic E-state index is 5.76. The summed E-state index contributed by atoms with van der Waals surface area (Å²) < 4.78 is 0. The lowest BCUT2D eigenvalue weighted by atomic mass is 10.1. The van der Waals surface area contributed by atoms with Crippen molar-refractivity contribution in [2.75, 3.05) is 5.73 Å². The van der Waals surface area contributed by atoms with Crippen molar-refractivity contribution in [2.45, 2.75) is 19.8 Å². The van der Waals surface area contributed by atoms with Crippen molar-refractivity contribution in [3.05, 3.63) is 36.3 Å². The van der Waals surface area contributed by atoms with E-state index in [9.17, 15) is 0 Å². The maximum Gasteiger partial charge on any atom is 0.163 e. The van der Waals surface area contributed by atoms with Gasteiger partial charge in [0.25, 0.3) is 0 Å². The molecule has 0 unspecified atom stereocenters. The van der Waals surface area contributed by atoms with Crippen LogP contribution in [0.2, 0.25) is 0 Å². The fraction of sp³-hybridized carbons (Fsp3) is 0.250. The summed E-state index contributed by atoms with van der Waals surface area (Å²) in [5.74, 6) is 1.47. The van der Waals surface area contributed by atoms with Crippen LogP contribution in [0.25, 0.3) is 11.4 Å². The highest BCUT2D eigenvalue weighted by molar-refractivity contribution is 5.55. The third-order valence-corrected chi connectivity index (χ3v) is 2.28. The molecule has 0 amide bonds. The Hall–Kier alpha value is -1.97. The predicted molar refractivity (Wildman–Crippen MR) is 63.8 cm³/mol. The minimum atomic E-state index is 0.334. The molecule has 0 spiro atoms. The fourth-order valence-corrected chi connectivity index (χ4v) is 1.41. The lowest BCUT2D eigenvalue weighted by Crippen LogP contribution is -2.01. The third kappa shape index (κ3) is 2.16. The highest BCUT2D eigenvalue weighted by Gasteiger charge is 2.07. The third-order valence-electron chi connectivity index (χ3n) is 2.28. The Morgan fingerprint density at radius 3 is 2.69 bits per heavy atom. The highest BCUT2D eigenvalue weighted by atomic mass is 14.9. The predicted octanol–water partition coefficient (Wildman–Crippen LogP) is 2.24. The van der Waals surface area contributed by atoms with Crippen LogP contribution in [0.4, 0.5) is 5.82 Å². The number of hydrogen-bond acceptors (Lipinski definition) is 4. The summed E-state index contributed by atoms with van der Waals surface area (Å²) in [7, 11) is 0. The van der Waals surface area contributed by atoms with E-state index in [4.69, 9.17) is 5.73 Å².